The van der Waals surface area contributed by atoms with E-state index in [0.717, 1.165) is 73.3 Å². The monoisotopic (exact) mass is 366 g/mol. The number of aromatic nitrogens is 2. The van der Waals surface area contributed by atoms with Crippen LogP contribution in [0.25, 0.3) is 0 Å². The van der Waals surface area contributed by atoms with Gasteiger partial charge < -0.3 is 9.47 Å². The van der Waals surface area contributed by atoms with E-state index in [-0.39, 0.29) is 0 Å². The summed E-state index contributed by atoms with van der Waals surface area (Å²) in [6.07, 6.45) is 6.28. The molecule has 2 aromatic rings. The molecule has 6 nitrogen and oxygen atoms in total. The maximum Gasteiger partial charge on any atom is 0.173 e. The Kier molecular flexibility index (Phi) is 5.34. The summed E-state index contributed by atoms with van der Waals surface area (Å²) in [7, 11) is 3.40. The average molecular weight is 366 g/mol. The fourth-order valence-corrected chi connectivity index (χ4v) is 3.84. The predicted octanol–water partition coefficient (Wildman–Crippen LogP) is 3.03. The van der Waals surface area contributed by atoms with Crippen LogP contribution >= 0.6 is 0 Å². The van der Waals surface area contributed by atoms with E-state index in [1.54, 1.807) is 14.2 Å². The summed E-state index contributed by atoms with van der Waals surface area (Å²) in [5, 5.41) is 0. The second-order valence-electron chi connectivity index (χ2n) is 7.05. The van der Waals surface area contributed by atoms with Gasteiger partial charge in [-0.15, -0.1) is 0 Å². The summed E-state index contributed by atoms with van der Waals surface area (Å²) in [5.41, 5.74) is 4.53. The number of benzene rings is 1. The van der Waals surface area contributed by atoms with E-state index in [2.05, 4.69) is 14.9 Å². The SMILES string of the molecule is COc1cccc(OC)c1CN1CCc2nc(C3=NCCCC3)ncc2C1. The molecule has 27 heavy (non-hydrogen) atoms. The van der Waals surface area contributed by atoms with Crippen molar-refractivity contribution in [1.82, 2.24) is 14.9 Å². The Hall–Kier alpha value is -2.47. The molecule has 142 valence electrons. The first-order valence-electron chi connectivity index (χ1n) is 9.59. The molecule has 1 aromatic heterocycles. The van der Waals surface area contributed by atoms with Crippen LogP contribution in [0.15, 0.2) is 29.4 Å². The van der Waals surface area contributed by atoms with Crippen molar-refractivity contribution in [2.75, 3.05) is 27.3 Å². The molecule has 0 atom stereocenters. The van der Waals surface area contributed by atoms with E-state index in [4.69, 9.17) is 14.5 Å². The van der Waals surface area contributed by atoms with Gasteiger partial charge in [-0.25, -0.2) is 9.97 Å². The van der Waals surface area contributed by atoms with Crippen LogP contribution in [0.4, 0.5) is 0 Å². The summed E-state index contributed by atoms with van der Waals surface area (Å²) >= 11 is 0. The minimum atomic E-state index is 0.779. The number of hydrogen-bond acceptors (Lipinski definition) is 6. The van der Waals surface area contributed by atoms with Crippen LogP contribution in [0, 0.1) is 0 Å². The van der Waals surface area contributed by atoms with E-state index in [1.165, 1.54) is 18.4 Å². The molecule has 0 spiro atoms. The van der Waals surface area contributed by atoms with E-state index in [0.29, 0.717) is 0 Å². The summed E-state index contributed by atoms with van der Waals surface area (Å²) in [6.45, 7) is 3.48. The van der Waals surface area contributed by atoms with Crippen molar-refractivity contribution in [1.29, 1.82) is 0 Å². The van der Waals surface area contributed by atoms with Gasteiger partial charge in [0, 0.05) is 44.4 Å². The molecule has 0 unspecified atom stereocenters. The Balaban J connectivity index is 1.52. The summed E-state index contributed by atoms with van der Waals surface area (Å²) in [5.74, 6) is 2.55. The predicted molar refractivity (Wildman–Crippen MR) is 105 cm³/mol. The number of fused-ring (bicyclic) bond motifs is 1. The summed E-state index contributed by atoms with van der Waals surface area (Å²) in [6, 6.07) is 5.92. The van der Waals surface area contributed by atoms with Crippen molar-refractivity contribution in [2.45, 2.75) is 38.8 Å². The quantitative estimate of drug-likeness (QED) is 0.814. The largest absolute Gasteiger partial charge is 0.496 e. The Morgan fingerprint density at radius 1 is 1.07 bits per heavy atom. The molecule has 0 saturated heterocycles. The van der Waals surface area contributed by atoms with Crippen LogP contribution < -0.4 is 9.47 Å². The molecule has 0 aliphatic carbocycles. The molecule has 0 fully saturated rings. The van der Waals surface area contributed by atoms with Gasteiger partial charge in [0.05, 0.1) is 31.2 Å². The number of methoxy groups -OCH3 is 2. The molecule has 0 bridgehead atoms. The van der Waals surface area contributed by atoms with E-state index in [9.17, 15) is 0 Å². The number of hydrogen-bond donors (Lipinski definition) is 0. The first kappa shape index (κ1) is 17.9. The zero-order valence-corrected chi connectivity index (χ0v) is 16.1. The maximum atomic E-state index is 5.54. The number of aliphatic imine (C=N–C) groups is 1. The molecule has 2 aliphatic heterocycles. The van der Waals surface area contributed by atoms with Crippen LogP contribution in [0.2, 0.25) is 0 Å². The van der Waals surface area contributed by atoms with Gasteiger partial charge in [-0.05, 0) is 31.4 Å². The highest BCUT2D eigenvalue weighted by Gasteiger charge is 2.22. The molecule has 2 aliphatic rings. The Morgan fingerprint density at radius 3 is 2.59 bits per heavy atom. The molecule has 3 heterocycles. The number of nitrogens with zero attached hydrogens (tertiary/aromatic N) is 4. The van der Waals surface area contributed by atoms with Gasteiger partial charge in [-0.1, -0.05) is 6.07 Å². The Bertz CT molecular complexity index is 828. The molecule has 0 amide bonds. The maximum absolute atomic E-state index is 5.54. The van der Waals surface area contributed by atoms with Crippen molar-refractivity contribution in [3.8, 4) is 11.5 Å². The van der Waals surface area contributed by atoms with Crippen LogP contribution in [0.5, 0.6) is 11.5 Å². The molecular formula is C21H26N4O2. The molecule has 0 saturated carbocycles. The Morgan fingerprint density at radius 2 is 1.89 bits per heavy atom. The molecule has 6 heteroatoms. The first-order valence-corrected chi connectivity index (χ1v) is 9.59. The van der Waals surface area contributed by atoms with E-state index < -0.39 is 0 Å². The minimum Gasteiger partial charge on any atom is -0.496 e. The van der Waals surface area contributed by atoms with Gasteiger partial charge in [0.25, 0.3) is 0 Å². The van der Waals surface area contributed by atoms with Crippen molar-refractivity contribution in [2.24, 2.45) is 4.99 Å². The summed E-state index contributed by atoms with van der Waals surface area (Å²) in [4.78, 5) is 16.4. The lowest BCUT2D eigenvalue weighted by atomic mass is 10.0. The zero-order valence-electron chi connectivity index (χ0n) is 16.1. The second-order valence-corrected chi connectivity index (χ2v) is 7.05. The first-order chi connectivity index (χ1) is 13.3. The molecular weight excluding hydrogens is 340 g/mol. The van der Waals surface area contributed by atoms with E-state index in [1.807, 2.05) is 24.4 Å². The van der Waals surface area contributed by atoms with Crippen LogP contribution in [-0.4, -0.2) is 47.9 Å². The molecule has 4 rings (SSSR count). The molecule has 0 radical (unpaired) electrons. The van der Waals surface area contributed by atoms with Crippen molar-refractivity contribution in [3.63, 3.8) is 0 Å². The smallest absolute Gasteiger partial charge is 0.173 e. The topological polar surface area (TPSA) is 59.8 Å². The highest BCUT2D eigenvalue weighted by atomic mass is 16.5. The van der Waals surface area contributed by atoms with Crippen molar-refractivity contribution >= 4 is 5.71 Å². The third-order valence-electron chi connectivity index (χ3n) is 5.31. The summed E-state index contributed by atoms with van der Waals surface area (Å²) < 4.78 is 11.1. The third-order valence-corrected chi connectivity index (χ3v) is 5.31. The fraction of sp³-hybridized carbons (Fsp3) is 0.476. The van der Waals surface area contributed by atoms with Crippen LogP contribution in [-0.2, 0) is 19.5 Å². The Labute approximate surface area is 160 Å². The highest BCUT2D eigenvalue weighted by Crippen LogP contribution is 2.31. The normalized spacial score (nSPS) is 17.2. The highest BCUT2D eigenvalue weighted by molar-refractivity contribution is 5.97. The van der Waals surface area contributed by atoms with Crippen LogP contribution in [0.3, 0.4) is 0 Å². The van der Waals surface area contributed by atoms with Crippen LogP contribution in [0.1, 0.15) is 41.9 Å². The molecule has 0 N–H and O–H groups in total. The fourth-order valence-electron chi connectivity index (χ4n) is 3.84. The molecule has 1 aromatic carbocycles. The third kappa shape index (κ3) is 3.81. The zero-order chi connectivity index (χ0) is 18.6. The van der Waals surface area contributed by atoms with Gasteiger partial charge in [-0.3, -0.25) is 9.89 Å². The number of rotatable bonds is 5. The minimum absolute atomic E-state index is 0.779. The van der Waals surface area contributed by atoms with Crippen molar-refractivity contribution in [3.05, 3.63) is 47.0 Å². The number of ether oxygens (including phenoxy) is 2. The van der Waals surface area contributed by atoms with E-state index >= 15 is 0 Å². The van der Waals surface area contributed by atoms with Gasteiger partial charge in [0.2, 0.25) is 0 Å². The second kappa shape index (κ2) is 8.05. The van der Waals surface area contributed by atoms with Gasteiger partial charge in [-0.2, -0.15) is 0 Å². The van der Waals surface area contributed by atoms with Crippen molar-refractivity contribution < 1.29 is 9.47 Å². The lowest BCUT2D eigenvalue weighted by Gasteiger charge is -2.29. The van der Waals surface area contributed by atoms with Gasteiger partial charge in [0.15, 0.2) is 5.82 Å². The van der Waals surface area contributed by atoms with Gasteiger partial charge in [0.1, 0.15) is 11.5 Å². The standard InChI is InChI=1S/C21H26N4O2/c1-26-19-7-5-8-20(27-2)16(19)14-25-11-9-17-15(13-25)12-23-21(24-17)18-6-3-4-10-22-18/h5,7-8,12H,3-4,6,9-11,13-14H2,1-2H3. The lowest BCUT2D eigenvalue weighted by Crippen LogP contribution is -2.31. The van der Waals surface area contributed by atoms with Gasteiger partial charge >= 0.3 is 0 Å². The average Bonchev–Trinajstić information content (AvgIpc) is 2.74. The lowest BCUT2D eigenvalue weighted by molar-refractivity contribution is 0.235.